The topological polar surface area (TPSA) is 35.8 Å². The second kappa shape index (κ2) is 2.74. The molecule has 12 heavy (non-hydrogen) atoms. The maximum atomic E-state index is 9.03. The van der Waals surface area contributed by atoms with Gasteiger partial charge < -0.3 is 5.32 Å². The Bertz CT molecular complexity index is 203. The van der Waals surface area contributed by atoms with Gasteiger partial charge in [-0.05, 0) is 25.3 Å². The number of hydrogen-bond acceptors (Lipinski definition) is 2. The number of nitriles is 1. The summed E-state index contributed by atoms with van der Waals surface area (Å²) in [5, 5.41) is 12.3. The molecule has 1 atom stereocenters. The van der Waals surface area contributed by atoms with Crippen molar-refractivity contribution in [2.75, 3.05) is 7.05 Å². The van der Waals surface area contributed by atoms with Crippen molar-refractivity contribution in [3.05, 3.63) is 0 Å². The molecule has 0 aromatic carbocycles. The Kier molecular flexibility index (Phi) is 2.18. The van der Waals surface area contributed by atoms with E-state index in [0.29, 0.717) is 6.04 Å². The SMILES string of the molecule is CNC(C(C)(C)C)C1(C#N)CC1. The average Bonchev–Trinajstić information content (AvgIpc) is 2.68. The fourth-order valence-corrected chi connectivity index (χ4v) is 2.14. The quantitative estimate of drug-likeness (QED) is 0.680. The summed E-state index contributed by atoms with van der Waals surface area (Å²) in [5.41, 5.74) is 0.119. The van der Waals surface area contributed by atoms with Gasteiger partial charge in [0.25, 0.3) is 0 Å². The van der Waals surface area contributed by atoms with Gasteiger partial charge in [0, 0.05) is 6.04 Å². The normalized spacial score (nSPS) is 22.9. The molecular weight excluding hydrogens is 148 g/mol. The lowest BCUT2D eigenvalue weighted by molar-refractivity contribution is 0.220. The second-order valence-corrected chi connectivity index (χ2v) is 4.86. The van der Waals surface area contributed by atoms with Crippen LogP contribution < -0.4 is 5.32 Å². The Balaban J connectivity index is 2.78. The van der Waals surface area contributed by atoms with E-state index >= 15 is 0 Å². The van der Waals surface area contributed by atoms with E-state index in [1.807, 2.05) is 7.05 Å². The molecule has 1 unspecified atom stereocenters. The predicted molar refractivity (Wildman–Crippen MR) is 49.6 cm³/mol. The van der Waals surface area contributed by atoms with Crippen LogP contribution in [0.1, 0.15) is 33.6 Å². The van der Waals surface area contributed by atoms with Crippen LogP contribution in [0, 0.1) is 22.2 Å². The van der Waals surface area contributed by atoms with E-state index in [1.165, 1.54) is 0 Å². The highest BCUT2D eigenvalue weighted by atomic mass is 14.9. The van der Waals surface area contributed by atoms with Crippen molar-refractivity contribution in [3.63, 3.8) is 0 Å². The van der Waals surface area contributed by atoms with E-state index in [2.05, 4.69) is 32.2 Å². The highest BCUT2D eigenvalue weighted by Crippen LogP contribution is 2.52. The molecule has 1 aliphatic carbocycles. The third kappa shape index (κ3) is 1.47. The zero-order valence-corrected chi connectivity index (χ0v) is 8.44. The van der Waals surface area contributed by atoms with Gasteiger partial charge >= 0.3 is 0 Å². The fraction of sp³-hybridized carbons (Fsp3) is 0.900. The Hall–Kier alpha value is -0.550. The van der Waals surface area contributed by atoms with E-state index in [1.54, 1.807) is 0 Å². The van der Waals surface area contributed by atoms with Gasteiger partial charge in [-0.15, -0.1) is 0 Å². The van der Waals surface area contributed by atoms with Crippen molar-refractivity contribution < 1.29 is 0 Å². The van der Waals surface area contributed by atoms with Crippen LogP contribution in [0.15, 0.2) is 0 Å². The van der Waals surface area contributed by atoms with Gasteiger partial charge in [-0.1, -0.05) is 20.8 Å². The van der Waals surface area contributed by atoms with Gasteiger partial charge in [-0.2, -0.15) is 5.26 Å². The molecular formula is C10H18N2. The van der Waals surface area contributed by atoms with Crippen molar-refractivity contribution in [2.24, 2.45) is 10.8 Å². The van der Waals surface area contributed by atoms with Crippen molar-refractivity contribution >= 4 is 0 Å². The van der Waals surface area contributed by atoms with Crippen molar-refractivity contribution in [2.45, 2.75) is 39.7 Å². The number of nitrogens with zero attached hydrogens (tertiary/aromatic N) is 1. The summed E-state index contributed by atoms with van der Waals surface area (Å²) in [5.74, 6) is 0. The molecule has 1 N–H and O–H groups in total. The fourth-order valence-electron chi connectivity index (χ4n) is 2.14. The van der Waals surface area contributed by atoms with Crippen LogP contribution in [0.25, 0.3) is 0 Å². The number of nitrogens with one attached hydrogen (secondary N) is 1. The molecule has 0 radical (unpaired) electrons. The van der Waals surface area contributed by atoms with Crippen LogP contribution in [-0.2, 0) is 0 Å². The van der Waals surface area contributed by atoms with Gasteiger partial charge in [0.15, 0.2) is 0 Å². The standard InChI is InChI=1S/C10H18N2/c1-9(2,3)8(12-4)10(7-11)5-6-10/h8,12H,5-6H2,1-4H3. The molecule has 1 rings (SSSR count). The maximum Gasteiger partial charge on any atom is 0.0732 e. The first kappa shape index (κ1) is 9.54. The summed E-state index contributed by atoms with van der Waals surface area (Å²) in [7, 11) is 1.95. The van der Waals surface area contributed by atoms with Gasteiger partial charge in [0.2, 0.25) is 0 Å². The van der Waals surface area contributed by atoms with Crippen LogP contribution in [0.3, 0.4) is 0 Å². The molecule has 0 aromatic heterocycles. The molecule has 1 saturated carbocycles. The van der Waals surface area contributed by atoms with Crippen LogP contribution in [-0.4, -0.2) is 13.1 Å². The molecule has 0 amide bonds. The highest BCUT2D eigenvalue weighted by molar-refractivity contribution is 5.18. The van der Waals surface area contributed by atoms with Crippen LogP contribution >= 0.6 is 0 Å². The largest absolute Gasteiger partial charge is 0.315 e. The summed E-state index contributed by atoms with van der Waals surface area (Å²) in [6.07, 6.45) is 2.12. The van der Waals surface area contributed by atoms with E-state index in [0.717, 1.165) is 12.8 Å². The first-order chi connectivity index (χ1) is 5.46. The van der Waals surface area contributed by atoms with Crippen molar-refractivity contribution in [1.29, 1.82) is 5.26 Å². The molecule has 1 aliphatic rings. The summed E-state index contributed by atoms with van der Waals surface area (Å²) < 4.78 is 0. The lowest BCUT2D eigenvalue weighted by atomic mass is 9.77. The second-order valence-electron chi connectivity index (χ2n) is 4.86. The maximum absolute atomic E-state index is 9.03. The van der Waals surface area contributed by atoms with Gasteiger partial charge in [-0.3, -0.25) is 0 Å². The van der Waals surface area contributed by atoms with E-state index in [9.17, 15) is 0 Å². The Morgan fingerprint density at radius 1 is 1.42 bits per heavy atom. The first-order valence-electron chi connectivity index (χ1n) is 4.55. The predicted octanol–water partition coefficient (Wildman–Crippen LogP) is 1.92. The van der Waals surface area contributed by atoms with E-state index in [4.69, 9.17) is 5.26 Å². The molecule has 2 heteroatoms. The molecule has 2 nitrogen and oxygen atoms in total. The zero-order valence-electron chi connectivity index (χ0n) is 8.44. The van der Waals surface area contributed by atoms with E-state index in [-0.39, 0.29) is 10.8 Å². The number of hydrogen-bond donors (Lipinski definition) is 1. The Morgan fingerprint density at radius 3 is 2.00 bits per heavy atom. The minimum atomic E-state index is -0.0625. The highest BCUT2D eigenvalue weighted by Gasteiger charge is 2.53. The zero-order chi connectivity index (χ0) is 9.41. The molecule has 0 aromatic rings. The van der Waals surface area contributed by atoms with Gasteiger partial charge in [0.05, 0.1) is 11.5 Å². The molecule has 0 heterocycles. The van der Waals surface area contributed by atoms with Gasteiger partial charge in [0.1, 0.15) is 0 Å². The van der Waals surface area contributed by atoms with Crippen molar-refractivity contribution in [3.8, 4) is 6.07 Å². The minimum Gasteiger partial charge on any atom is -0.315 e. The first-order valence-corrected chi connectivity index (χ1v) is 4.55. The Labute approximate surface area is 75.0 Å². The minimum absolute atomic E-state index is 0.0625. The third-order valence-corrected chi connectivity index (χ3v) is 2.72. The summed E-state index contributed by atoms with van der Waals surface area (Å²) >= 11 is 0. The lowest BCUT2D eigenvalue weighted by Crippen LogP contribution is -2.44. The molecule has 0 bridgehead atoms. The monoisotopic (exact) mass is 166 g/mol. The Morgan fingerprint density at radius 2 is 1.92 bits per heavy atom. The van der Waals surface area contributed by atoms with E-state index < -0.39 is 0 Å². The van der Waals surface area contributed by atoms with Crippen LogP contribution in [0.5, 0.6) is 0 Å². The summed E-state index contributed by atoms with van der Waals surface area (Å²) in [6, 6.07) is 2.78. The van der Waals surface area contributed by atoms with Gasteiger partial charge in [-0.25, -0.2) is 0 Å². The molecule has 0 aliphatic heterocycles. The summed E-state index contributed by atoms with van der Waals surface area (Å²) in [6.45, 7) is 6.56. The molecule has 0 saturated heterocycles. The van der Waals surface area contributed by atoms with Crippen LogP contribution in [0.4, 0.5) is 0 Å². The molecule has 0 spiro atoms. The number of rotatable bonds is 2. The van der Waals surface area contributed by atoms with Crippen LogP contribution in [0.2, 0.25) is 0 Å². The van der Waals surface area contributed by atoms with Crippen molar-refractivity contribution in [1.82, 2.24) is 5.32 Å². The molecule has 68 valence electrons. The smallest absolute Gasteiger partial charge is 0.0732 e. The molecule has 1 fully saturated rings. The lowest BCUT2D eigenvalue weighted by Gasteiger charge is -2.33. The third-order valence-electron chi connectivity index (χ3n) is 2.72. The average molecular weight is 166 g/mol. The summed E-state index contributed by atoms with van der Waals surface area (Å²) in [4.78, 5) is 0.